The number of rotatable bonds is 5. The van der Waals surface area contributed by atoms with Gasteiger partial charge in [0.2, 0.25) is 0 Å². The van der Waals surface area contributed by atoms with Crippen LogP contribution in [0.25, 0.3) is 11.0 Å². The van der Waals surface area contributed by atoms with E-state index in [2.05, 4.69) is 48.6 Å². The van der Waals surface area contributed by atoms with Gasteiger partial charge in [-0.05, 0) is 57.1 Å². The molecule has 3 nitrogen and oxygen atoms in total. The van der Waals surface area contributed by atoms with E-state index < -0.39 is 0 Å². The van der Waals surface area contributed by atoms with Crippen LogP contribution in [-0.4, -0.2) is 34.1 Å². The van der Waals surface area contributed by atoms with Crippen LogP contribution in [-0.2, 0) is 12.4 Å². The van der Waals surface area contributed by atoms with Gasteiger partial charge in [-0.2, -0.15) is 0 Å². The summed E-state index contributed by atoms with van der Waals surface area (Å²) >= 11 is 9.54. The van der Waals surface area contributed by atoms with Gasteiger partial charge < -0.3 is 9.47 Å². The van der Waals surface area contributed by atoms with Crippen LogP contribution < -0.4 is 0 Å². The fourth-order valence-electron chi connectivity index (χ4n) is 2.96. The molecule has 2 heterocycles. The first-order valence-electron chi connectivity index (χ1n) is 7.21. The Morgan fingerprint density at radius 1 is 1.20 bits per heavy atom. The number of hydrogen-bond acceptors (Lipinski definition) is 2. The minimum atomic E-state index is 0.468. The van der Waals surface area contributed by atoms with Crippen LogP contribution >= 0.6 is 27.5 Å². The number of benzene rings is 1. The van der Waals surface area contributed by atoms with E-state index in [4.69, 9.17) is 11.6 Å². The highest BCUT2D eigenvalue weighted by atomic mass is 79.9. The molecule has 1 aromatic carbocycles. The maximum absolute atomic E-state index is 6.04. The number of alkyl halides is 1. The molecule has 0 N–H and O–H groups in total. The number of hydrogen-bond donors (Lipinski definition) is 0. The molecule has 1 aliphatic rings. The third-order valence-electron chi connectivity index (χ3n) is 3.96. The molecule has 1 fully saturated rings. The second-order valence-electron chi connectivity index (χ2n) is 5.35. The molecule has 108 valence electrons. The molecule has 0 radical (unpaired) electrons. The number of halogens is 2. The van der Waals surface area contributed by atoms with Crippen molar-refractivity contribution >= 4 is 38.6 Å². The first kappa shape index (κ1) is 14.4. The van der Waals surface area contributed by atoms with Crippen LogP contribution in [0, 0.1) is 0 Å². The zero-order chi connectivity index (χ0) is 13.9. The molecule has 0 unspecified atom stereocenters. The van der Waals surface area contributed by atoms with Gasteiger partial charge in [0, 0.05) is 11.0 Å². The van der Waals surface area contributed by atoms with Crippen LogP contribution in [0.15, 0.2) is 22.7 Å². The minimum Gasteiger partial charge on any atom is -0.327 e. The molecular weight excluding hydrogens is 338 g/mol. The van der Waals surface area contributed by atoms with Gasteiger partial charge in [0.1, 0.15) is 5.82 Å². The minimum absolute atomic E-state index is 0.468. The Hall–Kier alpha value is -0.580. The highest BCUT2D eigenvalue weighted by Gasteiger charge is 2.13. The maximum atomic E-state index is 6.04. The number of aryl methyl sites for hydroxylation is 1. The van der Waals surface area contributed by atoms with Gasteiger partial charge in [0.15, 0.2) is 0 Å². The van der Waals surface area contributed by atoms with Crippen molar-refractivity contribution in [2.45, 2.75) is 31.7 Å². The summed E-state index contributed by atoms with van der Waals surface area (Å²) < 4.78 is 3.33. The monoisotopic (exact) mass is 355 g/mol. The standard InChI is InChI=1S/C15H19BrClN3/c16-12-4-5-14-13(10-12)18-15(11-17)20(14)9-3-8-19-6-1-2-7-19/h4-5,10H,1-3,6-9,11H2. The molecule has 0 atom stereocenters. The lowest BCUT2D eigenvalue weighted by atomic mass is 10.3. The average Bonchev–Trinajstić information content (AvgIpc) is 3.06. The third kappa shape index (κ3) is 3.02. The summed E-state index contributed by atoms with van der Waals surface area (Å²) in [5.74, 6) is 1.44. The van der Waals surface area contributed by atoms with Crippen molar-refractivity contribution in [3.8, 4) is 0 Å². The molecule has 2 aromatic rings. The molecule has 1 saturated heterocycles. The third-order valence-corrected chi connectivity index (χ3v) is 4.70. The molecule has 0 saturated carbocycles. The fourth-order valence-corrected chi connectivity index (χ4v) is 3.52. The predicted molar refractivity (Wildman–Crippen MR) is 87.3 cm³/mol. The van der Waals surface area contributed by atoms with Crippen molar-refractivity contribution in [1.29, 1.82) is 0 Å². The summed E-state index contributed by atoms with van der Waals surface area (Å²) in [4.78, 5) is 7.18. The van der Waals surface area contributed by atoms with Gasteiger partial charge in [-0.15, -0.1) is 11.6 Å². The number of aromatic nitrogens is 2. The van der Waals surface area contributed by atoms with Gasteiger partial charge in [-0.3, -0.25) is 0 Å². The molecule has 1 aliphatic heterocycles. The summed E-state index contributed by atoms with van der Waals surface area (Å²) in [7, 11) is 0. The lowest BCUT2D eigenvalue weighted by molar-refractivity contribution is 0.325. The summed E-state index contributed by atoms with van der Waals surface area (Å²) in [5, 5.41) is 0. The maximum Gasteiger partial charge on any atom is 0.124 e. The summed E-state index contributed by atoms with van der Waals surface area (Å²) in [6, 6.07) is 6.25. The lowest BCUT2D eigenvalue weighted by Crippen LogP contribution is -2.21. The lowest BCUT2D eigenvalue weighted by Gasteiger charge is -2.15. The van der Waals surface area contributed by atoms with E-state index in [1.165, 1.54) is 38.0 Å². The molecule has 1 aromatic heterocycles. The van der Waals surface area contributed by atoms with Crippen LogP contribution in [0.1, 0.15) is 25.1 Å². The van der Waals surface area contributed by atoms with E-state index in [0.29, 0.717) is 5.88 Å². The van der Waals surface area contributed by atoms with Crippen molar-refractivity contribution in [2.75, 3.05) is 19.6 Å². The van der Waals surface area contributed by atoms with Crippen molar-refractivity contribution < 1.29 is 0 Å². The first-order chi connectivity index (χ1) is 9.78. The van der Waals surface area contributed by atoms with Crippen LogP contribution in [0.4, 0.5) is 0 Å². The van der Waals surface area contributed by atoms with E-state index >= 15 is 0 Å². The molecule has 0 aliphatic carbocycles. The Bertz CT molecular complexity index is 590. The normalized spacial score (nSPS) is 16.3. The Morgan fingerprint density at radius 2 is 2.00 bits per heavy atom. The second kappa shape index (κ2) is 6.46. The van der Waals surface area contributed by atoms with E-state index in [-0.39, 0.29) is 0 Å². The largest absolute Gasteiger partial charge is 0.327 e. The first-order valence-corrected chi connectivity index (χ1v) is 8.53. The van der Waals surface area contributed by atoms with Crippen LogP contribution in [0.5, 0.6) is 0 Å². The number of fused-ring (bicyclic) bond motifs is 1. The molecular formula is C15H19BrClN3. The average molecular weight is 357 g/mol. The zero-order valence-electron chi connectivity index (χ0n) is 11.5. The SMILES string of the molecule is ClCc1nc2cc(Br)ccc2n1CCCN1CCCC1. The highest BCUT2D eigenvalue weighted by Crippen LogP contribution is 2.22. The zero-order valence-corrected chi connectivity index (χ0v) is 13.8. The summed E-state index contributed by atoms with van der Waals surface area (Å²) in [6.07, 6.45) is 3.87. The quantitative estimate of drug-likeness (QED) is 0.754. The molecule has 5 heteroatoms. The molecule has 20 heavy (non-hydrogen) atoms. The van der Waals surface area contributed by atoms with Gasteiger partial charge in [0.25, 0.3) is 0 Å². The van der Waals surface area contributed by atoms with Crippen molar-refractivity contribution in [3.05, 3.63) is 28.5 Å². The van der Waals surface area contributed by atoms with E-state index in [1.54, 1.807) is 0 Å². The summed E-state index contributed by atoms with van der Waals surface area (Å²) in [5.41, 5.74) is 2.21. The fraction of sp³-hybridized carbons (Fsp3) is 0.533. The van der Waals surface area contributed by atoms with Gasteiger partial charge in [-0.1, -0.05) is 15.9 Å². The second-order valence-corrected chi connectivity index (χ2v) is 6.53. The summed E-state index contributed by atoms with van der Waals surface area (Å²) in [6.45, 7) is 4.70. The van der Waals surface area contributed by atoms with Crippen molar-refractivity contribution in [3.63, 3.8) is 0 Å². The van der Waals surface area contributed by atoms with Crippen molar-refractivity contribution in [2.24, 2.45) is 0 Å². The smallest absolute Gasteiger partial charge is 0.124 e. The van der Waals surface area contributed by atoms with Crippen molar-refractivity contribution in [1.82, 2.24) is 14.5 Å². The van der Waals surface area contributed by atoms with E-state index in [1.807, 2.05) is 0 Å². The van der Waals surface area contributed by atoms with Gasteiger partial charge >= 0.3 is 0 Å². The topological polar surface area (TPSA) is 21.1 Å². The van der Waals surface area contributed by atoms with Gasteiger partial charge in [0.05, 0.1) is 16.9 Å². The number of nitrogens with zero attached hydrogens (tertiary/aromatic N) is 3. The van der Waals surface area contributed by atoms with Crippen LogP contribution in [0.2, 0.25) is 0 Å². The number of imidazole rings is 1. The Morgan fingerprint density at radius 3 is 2.75 bits per heavy atom. The van der Waals surface area contributed by atoms with Gasteiger partial charge in [-0.25, -0.2) is 4.98 Å². The van der Waals surface area contributed by atoms with Crippen LogP contribution in [0.3, 0.4) is 0 Å². The highest BCUT2D eigenvalue weighted by molar-refractivity contribution is 9.10. The predicted octanol–water partition coefficient (Wildman–Crippen LogP) is 4.02. The molecule has 0 spiro atoms. The Labute approximate surface area is 133 Å². The Kier molecular flexibility index (Phi) is 4.64. The van der Waals surface area contributed by atoms with E-state index in [9.17, 15) is 0 Å². The number of likely N-dealkylation sites (tertiary alicyclic amines) is 1. The Balaban J connectivity index is 1.75. The molecule has 3 rings (SSSR count). The van der Waals surface area contributed by atoms with E-state index in [0.717, 1.165) is 28.8 Å². The molecule has 0 bridgehead atoms. The molecule has 0 amide bonds.